The number of nitrogens with one attached hydrogen (secondary N) is 1. The molecule has 1 saturated carbocycles. The van der Waals surface area contributed by atoms with Crippen LogP contribution in [0.1, 0.15) is 52.9 Å². The third-order valence-electron chi connectivity index (χ3n) is 4.51. The summed E-state index contributed by atoms with van der Waals surface area (Å²) in [6.07, 6.45) is 4.34. The van der Waals surface area contributed by atoms with Crippen molar-refractivity contribution in [1.29, 1.82) is 0 Å². The molecule has 4 heteroatoms. The van der Waals surface area contributed by atoms with E-state index in [1.807, 2.05) is 0 Å². The van der Waals surface area contributed by atoms with Gasteiger partial charge in [0.15, 0.2) is 0 Å². The van der Waals surface area contributed by atoms with Crippen LogP contribution in [0.15, 0.2) is 0 Å². The minimum atomic E-state index is -0.419. The fourth-order valence-corrected chi connectivity index (χ4v) is 3.27. The van der Waals surface area contributed by atoms with Crippen LogP contribution in [-0.4, -0.2) is 24.0 Å². The number of ether oxygens (including phenoxy) is 1. The van der Waals surface area contributed by atoms with Gasteiger partial charge in [-0.3, -0.25) is 4.79 Å². The molecule has 1 aliphatic heterocycles. The van der Waals surface area contributed by atoms with Crippen LogP contribution >= 0.6 is 0 Å². The Labute approximate surface area is 115 Å². The second kappa shape index (κ2) is 5.93. The van der Waals surface area contributed by atoms with Gasteiger partial charge in [-0.25, -0.2) is 4.79 Å². The first-order chi connectivity index (χ1) is 8.97. The third-order valence-corrected chi connectivity index (χ3v) is 4.51. The van der Waals surface area contributed by atoms with Gasteiger partial charge in [-0.05, 0) is 37.0 Å². The molecule has 4 atom stereocenters. The van der Waals surface area contributed by atoms with E-state index in [-0.39, 0.29) is 18.0 Å². The Bertz CT molecular complexity index is 353. The molecule has 2 rings (SSSR count). The summed E-state index contributed by atoms with van der Waals surface area (Å²) in [6.45, 7) is 6.60. The van der Waals surface area contributed by atoms with Crippen LogP contribution in [-0.2, 0) is 14.3 Å². The molecule has 19 heavy (non-hydrogen) atoms. The van der Waals surface area contributed by atoms with Gasteiger partial charge >= 0.3 is 5.97 Å². The number of hydrogen-bond donors (Lipinski definition) is 1. The second-order valence-corrected chi connectivity index (χ2v) is 6.46. The Morgan fingerprint density at radius 3 is 2.63 bits per heavy atom. The van der Waals surface area contributed by atoms with Crippen molar-refractivity contribution < 1.29 is 14.3 Å². The quantitative estimate of drug-likeness (QED) is 0.798. The predicted molar refractivity (Wildman–Crippen MR) is 72.4 cm³/mol. The summed E-state index contributed by atoms with van der Waals surface area (Å²) >= 11 is 0. The van der Waals surface area contributed by atoms with Gasteiger partial charge < -0.3 is 10.1 Å². The van der Waals surface area contributed by atoms with Gasteiger partial charge in [-0.2, -0.15) is 0 Å². The van der Waals surface area contributed by atoms with Gasteiger partial charge in [0, 0.05) is 6.42 Å². The average molecular weight is 267 g/mol. The van der Waals surface area contributed by atoms with Crippen molar-refractivity contribution in [2.75, 3.05) is 0 Å². The zero-order valence-corrected chi connectivity index (χ0v) is 12.1. The summed E-state index contributed by atoms with van der Waals surface area (Å²) in [5.41, 5.74) is 0. The van der Waals surface area contributed by atoms with Crippen LogP contribution in [0.4, 0.5) is 0 Å². The van der Waals surface area contributed by atoms with E-state index in [0.717, 1.165) is 12.8 Å². The summed E-state index contributed by atoms with van der Waals surface area (Å²) in [5, 5.41) is 2.69. The Morgan fingerprint density at radius 1 is 1.32 bits per heavy atom. The van der Waals surface area contributed by atoms with E-state index in [2.05, 4.69) is 26.1 Å². The smallest absolute Gasteiger partial charge is 0.328 e. The molecular formula is C15H25NO3. The van der Waals surface area contributed by atoms with Crippen molar-refractivity contribution in [3.05, 3.63) is 0 Å². The Morgan fingerprint density at radius 2 is 2.05 bits per heavy atom. The summed E-state index contributed by atoms with van der Waals surface area (Å²) < 4.78 is 5.71. The van der Waals surface area contributed by atoms with E-state index < -0.39 is 6.04 Å². The molecule has 1 aliphatic carbocycles. The van der Waals surface area contributed by atoms with E-state index in [9.17, 15) is 9.59 Å². The first-order valence-corrected chi connectivity index (χ1v) is 7.47. The van der Waals surface area contributed by atoms with Crippen LogP contribution in [0.5, 0.6) is 0 Å². The van der Waals surface area contributed by atoms with Crippen molar-refractivity contribution >= 4 is 11.9 Å². The molecule has 0 bridgehead atoms. The molecule has 0 radical (unpaired) electrons. The third kappa shape index (κ3) is 3.48. The van der Waals surface area contributed by atoms with Gasteiger partial charge in [0.25, 0.3) is 0 Å². The van der Waals surface area contributed by atoms with Crippen molar-refractivity contribution in [2.24, 2.45) is 17.8 Å². The fraction of sp³-hybridized carbons (Fsp3) is 0.867. The van der Waals surface area contributed by atoms with Gasteiger partial charge in [-0.1, -0.05) is 27.2 Å². The molecule has 0 aromatic carbocycles. The molecule has 0 aromatic rings. The maximum atomic E-state index is 12.1. The van der Waals surface area contributed by atoms with Crippen molar-refractivity contribution in [3.8, 4) is 0 Å². The number of hydrogen-bond acceptors (Lipinski definition) is 3. The van der Waals surface area contributed by atoms with Crippen molar-refractivity contribution in [1.82, 2.24) is 5.32 Å². The van der Waals surface area contributed by atoms with E-state index in [1.165, 1.54) is 6.42 Å². The maximum Gasteiger partial charge on any atom is 0.328 e. The van der Waals surface area contributed by atoms with E-state index in [0.29, 0.717) is 30.6 Å². The molecule has 2 fully saturated rings. The molecule has 0 spiro atoms. The standard InChI is InChI=1S/C15H25NO3/c1-9(2)11-5-4-10(3)8-13(11)19-15(18)12-6-7-14(17)16-12/h9-13H,4-8H2,1-3H3,(H,16,17)/t10-,11?,12+,13-/m1/s1. The molecule has 1 heterocycles. The van der Waals surface area contributed by atoms with Gasteiger partial charge in [-0.15, -0.1) is 0 Å². The number of esters is 1. The van der Waals surface area contributed by atoms with Gasteiger partial charge in [0.05, 0.1) is 0 Å². The number of carbonyl (C=O) groups excluding carboxylic acids is 2. The Balaban J connectivity index is 1.94. The number of amides is 1. The van der Waals surface area contributed by atoms with Crippen LogP contribution < -0.4 is 5.32 Å². The normalized spacial score (nSPS) is 35.3. The number of carbonyl (C=O) groups is 2. The van der Waals surface area contributed by atoms with E-state index in [1.54, 1.807) is 0 Å². The second-order valence-electron chi connectivity index (χ2n) is 6.46. The van der Waals surface area contributed by atoms with Gasteiger partial charge in [0.1, 0.15) is 12.1 Å². The van der Waals surface area contributed by atoms with Crippen LogP contribution in [0, 0.1) is 17.8 Å². The van der Waals surface area contributed by atoms with E-state index in [4.69, 9.17) is 4.74 Å². The SMILES string of the molecule is CC(C)C1CC[C@@H](C)C[C@H]1OC(=O)[C@@H]1CCC(=O)N1. The maximum absolute atomic E-state index is 12.1. The highest BCUT2D eigenvalue weighted by molar-refractivity contribution is 5.88. The Kier molecular flexibility index (Phi) is 4.48. The molecule has 1 N–H and O–H groups in total. The minimum Gasteiger partial charge on any atom is -0.461 e. The summed E-state index contributed by atoms with van der Waals surface area (Å²) in [7, 11) is 0. The first kappa shape index (κ1) is 14.4. The molecular weight excluding hydrogens is 242 g/mol. The molecule has 0 aromatic heterocycles. The van der Waals surface area contributed by atoms with Gasteiger partial charge in [0.2, 0.25) is 5.91 Å². The predicted octanol–water partition coefficient (Wildman–Crippen LogP) is 2.27. The molecule has 4 nitrogen and oxygen atoms in total. The molecule has 108 valence electrons. The van der Waals surface area contributed by atoms with Crippen molar-refractivity contribution in [3.63, 3.8) is 0 Å². The minimum absolute atomic E-state index is 0.0220. The zero-order chi connectivity index (χ0) is 14.0. The fourth-order valence-electron chi connectivity index (χ4n) is 3.27. The number of rotatable bonds is 3. The molecule has 1 saturated heterocycles. The summed E-state index contributed by atoms with van der Waals surface area (Å²) in [5.74, 6) is 1.32. The first-order valence-electron chi connectivity index (χ1n) is 7.47. The highest BCUT2D eigenvalue weighted by Gasteiger charge is 2.36. The topological polar surface area (TPSA) is 55.4 Å². The van der Waals surface area contributed by atoms with Crippen LogP contribution in [0.25, 0.3) is 0 Å². The lowest BCUT2D eigenvalue weighted by atomic mass is 9.75. The van der Waals surface area contributed by atoms with Crippen molar-refractivity contribution in [2.45, 2.75) is 65.0 Å². The lowest BCUT2D eigenvalue weighted by Gasteiger charge is -2.37. The molecule has 1 unspecified atom stereocenters. The van der Waals surface area contributed by atoms with Crippen LogP contribution in [0.2, 0.25) is 0 Å². The lowest BCUT2D eigenvalue weighted by molar-refractivity contribution is -0.158. The van der Waals surface area contributed by atoms with Crippen LogP contribution in [0.3, 0.4) is 0 Å². The summed E-state index contributed by atoms with van der Waals surface area (Å²) in [4.78, 5) is 23.3. The average Bonchev–Trinajstić information content (AvgIpc) is 2.75. The highest BCUT2D eigenvalue weighted by atomic mass is 16.5. The Hall–Kier alpha value is -1.06. The lowest BCUT2D eigenvalue weighted by Crippen LogP contribution is -2.41. The molecule has 2 aliphatic rings. The monoisotopic (exact) mass is 267 g/mol. The van der Waals surface area contributed by atoms with E-state index >= 15 is 0 Å². The highest BCUT2D eigenvalue weighted by Crippen LogP contribution is 2.35. The largest absolute Gasteiger partial charge is 0.461 e. The summed E-state index contributed by atoms with van der Waals surface area (Å²) in [6, 6.07) is -0.419. The molecule has 1 amide bonds. The zero-order valence-electron chi connectivity index (χ0n) is 12.1.